The van der Waals surface area contributed by atoms with Gasteiger partial charge in [0.25, 0.3) is 5.91 Å². The lowest BCUT2D eigenvalue weighted by atomic mass is 10.2. The molecule has 0 bridgehead atoms. The second-order valence-electron chi connectivity index (χ2n) is 8.65. The molecule has 2 aromatic carbocycles. The number of fused-ring (bicyclic) bond motifs is 1. The van der Waals surface area contributed by atoms with Crippen molar-refractivity contribution in [3.05, 3.63) is 102 Å². The van der Waals surface area contributed by atoms with Gasteiger partial charge in [-0.15, -0.1) is 10.2 Å². The van der Waals surface area contributed by atoms with E-state index in [1.807, 2.05) is 24.3 Å². The molecule has 4 aromatic rings. The number of carbonyl (C=O) groups is 1. The van der Waals surface area contributed by atoms with Crippen LogP contribution in [0.4, 0.5) is 0 Å². The van der Waals surface area contributed by atoms with Gasteiger partial charge in [0.1, 0.15) is 30.3 Å². The van der Waals surface area contributed by atoms with Crippen LogP contribution in [0.25, 0.3) is 0 Å². The van der Waals surface area contributed by atoms with E-state index in [-0.39, 0.29) is 5.91 Å². The Hall–Kier alpha value is -3.91. The summed E-state index contributed by atoms with van der Waals surface area (Å²) in [5.74, 6) is 2.66. The maximum Gasteiger partial charge on any atom is 0.254 e. The quantitative estimate of drug-likeness (QED) is 0.402. The topological polar surface area (TPSA) is 85.4 Å². The van der Waals surface area contributed by atoms with Crippen LogP contribution in [0.5, 0.6) is 5.75 Å². The highest BCUT2D eigenvalue weighted by Crippen LogP contribution is 2.18. The van der Waals surface area contributed by atoms with E-state index < -0.39 is 0 Å². The monoisotopic (exact) mass is 471 g/mol. The van der Waals surface area contributed by atoms with Crippen LogP contribution < -0.4 is 10.1 Å². The number of nitrogens with zero attached hydrogens (tertiary/aromatic N) is 4. The lowest BCUT2D eigenvalue weighted by Crippen LogP contribution is -2.28. The van der Waals surface area contributed by atoms with Crippen LogP contribution in [-0.2, 0) is 32.5 Å². The molecule has 35 heavy (non-hydrogen) atoms. The number of hydrogen-bond acceptors (Lipinski definition) is 6. The fourth-order valence-electron chi connectivity index (χ4n) is 4.29. The van der Waals surface area contributed by atoms with E-state index in [2.05, 4.69) is 55.3 Å². The first-order valence-electron chi connectivity index (χ1n) is 11.9. The second-order valence-corrected chi connectivity index (χ2v) is 8.65. The molecular weight excluding hydrogens is 442 g/mol. The molecule has 1 aliphatic rings. The maximum absolute atomic E-state index is 12.1. The fourth-order valence-corrected chi connectivity index (χ4v) is 4.29. The third-order valence-corrected chi connectivity index (χ3v) is 6.17. The molecule has 5 rings (SSSR count). The highest BCUT2D eigenvalue weighted by atomic mass is 16.5. The van der Waals surface area contributed by atoms with Gasteiger partial charge in [-0.2, -0.15) is 0 Å². The molecule has 0 saturated carbocycles. The van der Waals surface area contributed by atoms with Crippen LogP contribution in [0.15, 0.2) is 77.6 Å². The third-order valence-electron chi connectivity index (χ3n) is 6.17. The van der Waals surface area contributed by atoms with Gasteiger partial charge < -0.3 is 19.0 Å². The van der Waals surface area contributed by atoms with Crippen LogP contribution >= 0.6 is 0 Å². The summed E-state index contributed by atoms with van der Waals surface area (Å²) in [4.78, 5) is 14.5. The van der Waals surface area contributed by atoms with Gasteiger partial charge in [-0.05, 0) is 29.3 Å². The summed E-state index contributed by atoms with van der Waals surface area (Å²) in [6.45, 7) is 4.59. The molecule has 180 valence electrons. The fraction of sp³-hybridized carbons (Fsp3) is 0.296. The summed E-state index contributed by atoms with van der Waals surface area (Å²) in [5, 5.41) is 11.7. The number of amides is 1. The predicted octanol–water partition coefficient (Wildman–Crippen LogP) is 3.48. The van der Waals surface area contributed by atoms with Gasteiger partial charge in [-0.25, -0.2) is 0 Å². The average molecular weight is 472 g/mol. The van der Waals surface area contributed by atoms with Crippen LogP contribution in [0.3, 0.4) is 0 Å². The molecule has 8 nitrogen and oxygen atoms in total. The third kappa shape index (κ3) is 5.96. The molecule has 1 aliphatic heterocycles. The van der Waals surface area contributed by atoms with E-state index in [1.54, 1.807) is 6.07 Å². The minimum Gasteiger partial charge on any atom is -0.489 e. The van der Waals surface area contributed by atoms with E-state index >= 15 is 0 Å². The molecule has 1 amide bonds. The summed E-state index contributed by atoms with van der Waals surface area (Å²) in [6.07, 6.45) is 4.42. The Morgan fingerprint density at radius 3 is 2.74 bits per heavy atom. The Kier molecular flexibility index (Phi) is 7.19. The lowest BCUT2D eigenvalue weighted by Gasteiger charge is -2.20. The number of hydrogen-bond donors (Lipinski definition) is 1. The molecule has 0 spiro atoms. The normalized spacial score (nSPS) is 13.7. The Balaban J connectivity index is 1.13. The minimum absolute atomic E-state index is 0.143. The maximum atomic E-state index is 12.1. The molecular formula is C27H29N5O3. The van der Waals surface area contributed by atoms with Crippen molar-refractivity contribution >= 4 is 5.91 Å². The molecule has 0 atom stereocenters. The van der Waals surface area contributed by atoms with Crippen molar-refractivity contribution in [2.45, 2.75) is 32.5 Å². The van der Waals surface area contributed by atoms with E-state index in [0.717, 1.165) is 55.6 Å². The van der Waals surface area contributed by atoms with Gasteiger partial charge in [0, 0.05) is 45.6 Å². The van der Waals surface area contributed by atoms with E-state index in [0.29, 0.717) is 25.1 Å². The van der Waals surface area contributed by atoms with Crippen LogP contribution in [0.2, 0.25) is 0 Å². The Labute approximate surface area is 204 Å². The van der Waals surface area contributed by atoms with Gasteiger partial charge in [-0.1, -0.05) is 42.5 Å². The highest BCUT2D eigenvalue weighted by molar-refractivity contribution is 5.93. The van der Waals surface area contributed by atoms with Crippen molar-refractivity contribution in [1.29, 1.82) is 0 Å². The van der Waals surface area contributed by atoms with Crippen molar-refractivity contribution in [2.24, 2.45) is 0 Å². The van der Waals surface area contributed by atoms with E-state index in [9.17, 15) is 4.79 Å². The van der Waals surface area contributed by atoms with Crippen molar-refractivity contribution in [1.82, 2.24) is 25.0 Å². The Bertz CT molecular complexity index is 1240. The number of furan rings is 1. The average Bonchev–Trinajstić information content (AvgIpc) is 3.52. The summed E-state index contributed by atoms with van der Waals surface area (Å²) in [7, 11) is 0. The molecule has 2 aromatic heterocycles. The zero-order chi connectivity index (χ0) is 23.9. The van der Waals surface area contributed by atoms with Crippen molar-refractivity contribution in [2.75, 3.05) is 19.6 Å². The molecule has 0 saturated heterocycles. The number of aromatic nitrogens is 3. The second kappa shape index (κ2) is 11.0. The predicted molar refractivity (Wildman–Crippen MR) is 131 cm³/mol. The number of rotatable bonds is 9. The largest absolute Gasteiger partial charge is 0.489 e. The molecule has 8 heteroatoms. The lowest BCUT2D eigenvalue weighted by molar-refractivity contribution is 0.0953. The van der Waals surface area contributed by atoms with Crippen LogP contribution in [0, 0.1) is 0 Å². The SMILES string of the molecule is O=C(NCCc1nnc2n1CCN(Cc1cccc(OCc3ccccc3)c1)CC2)c1ccoc1. The van der Waals surface area contributed by atoms with Crippen LogP contribution in [-0.4, -0.2) is 45.2 Å². The van der Waals surface area contributed by atoms with Gasteiger partial charge in [0.05, 0.1) is 11.8 Å². The smallest absolute Gasteiger partial charge is 0.254 e. The van der Waals surface area contributed by atoms with Crippen molar-refractivity contribution < 1.29 is 13.9 Å². The number of ether oxygens (including phenoxy) is 1. The molecule has 0 aliphatic carbocycles. The summed E-state index contributed by atoms with van der Waals surface area (Å²) < 4.78 is 13.2. The van der Waals surface area contributed by atoms with E-state index in [4.69, 9.17) is 9.15 Å². The Morgan fingerprint density at radius 2 is 1.89 bits per heavy atom. The highest BCUT2D eigenvalue weighted by Gasteiger charge is 2.19. The number of carbonyl (C=O) groups excluding carboxylic acids is 1. The zero-order valence-corrected chi connectivity index (χ0v) is 19.6. The molecule has 0 unspecified atom stereocenters. The van der Waals surface area contributed by atoms with Crippen molar-refractivity contribution in [3.63, 3.8) is 0 Å². The number of benzene rings is 2. The molecule has 1 N–H and O–H groups in total. The Morgan fingerprint density at radius 1 is 1.00 bits per heavy atom. The molecule has 0 radical (unpaired) electrons. The summed E-state index contributed by atoms with van der Waals surface area (Å²) >= 11 is 0. The summed E-state index contributed by atoms with van der Waals surface area (Å²) in [6, 6.07) is 20.2. The van der Waals surface area contributed by atoms with Crippen LogP contribution in [0.1, 0.15) is 33.1 Å². The van der Waals surface area contributed by atoms with Gasteiger partial charge in [0.2, 0.25) is 0 Å². The minimum atomic E-state index is -0.143. The van der Waals surface area contributed by atoms with Gasteiger partial charge >= 0.3 is 0 Å². The zero-order valence-electron chi connectivity index (χ0n) is 19.6. The number of nitrogens with one attached hydrogen (secondary N) is 1. The first kappa shape index (κ1) is 22.9. The summed E-state index contributed by atoms with van der Waals surface area (Å²) in [5.41, 5.74) is 2.91. The van der Waals surface area contributed by atoms with Gasteiger partial charge in [-0.3, -0.25) is 9.69 Å². The van der Waals surface area contributed by atoms with Gasteiger partial charge in [0.15, 0.2) is 0 Å². The standard InChI is InChI=1S/C27H29N5O3/c33-27(23-11-16-34-20-23)28-12-9-25-29-30-26-10-13-31(14-15-32(25)26)18-22-7-4-8-24(17-22)35-19-21-5-2-1-3-6-21/h1-8,11,16-17,20H,9-10,12-15,18-19H2,(H,28,33). The molecule has 3 heterocycles. The van der Waals surface area contributed by atoms with E-state index in [1.165, 1.54) is 18.1 Å². The molecule has 0 fully saturated rings. The van der Waals surface area contributed by atoms with Crippen molar-refractivity contribution in [3.8, 4) is 5.75 Å². The first-order valence-corrected chi connectivity index (χ1v) is 11.9. The first-order chi connectivity index (χ1) is 17.2.